The van der Waals surface area contributed by atoms with Gasteiger partial charge in [-0.05, 0) is 24.6 Å². The van der Waals surface area contributed by atoms with Crippen LogP contribution in [0.4, 0.5) is 5.69 Å². The first kappa shape index (κ1) is 16.6. The number of hydrogen-bond acceptors (Lipinski definition) is 6. The molecule has 1 heterocycles. The molecule has 1 aromatic rings. The van der Waals surface area contributed by atoms with Crippen molar-refractivity contribution in [2.45, 2.75) is 12.5 Å². The molecule has 1 amide bonds. The molecule has 0 aliphatic carbocycles. The summed E-state index contributed by atoms with van der Waals surface area (Å²) in [6.07, 6.45) is 0.367. The number of benzene rings is 1. The van der Waals surface area contributed by atoms with Crippen LogP contribution >= 0.6 is 11.6 Å². The smallest absolute Gasteiger partial charge is 0.340 e. The maximum absolute atomic E-state index is 11.8. The van der Waals surface area contributed by atoms with Crippen molar-refractivity contribution in [3.63, 3.8) is 0 Å². The number of nitrogens with one attached hydrogen (secondary N) is 1. The maximum Gasteiger partial charge on any atom is 0.340 e. The molecule has 1 aromatic carbocycles. The average molecular weight is 347 g/mol. The number of nitrogen functional groups attached to an aromatic ring is 1. The highest BCUT2D eigenvalue weighted by Gasteiger charge is 2.29. The van der Waals surface area contributed by atoms with Crippen LogP contribution in [0.2, 0.25) is 5.02 Å². The average Bonchev–Trinajstić information content (AvgIpc) is 2.75. The molecule has 1 fully saturated rings. The van der Waals surface area contributed by atoms with Crippen molar-refractivity contribution in [1.82, 2.24) is 5.32 Å². The van der Waals surface area contributed by atoms with Crippen molar-refractivity contribution in [3.05, 3.63) is 28.8 Å². The Balaban J connectivity index is 1.84. The second-order valence-corrected chi connectivity index (χ2v) is 7.64. The molecule has 0 unspecified atom stereocenters. The fourth-order valence-electron chi connectivity index (χ4n) is 2.11. The molecule has 3 N–H and O–H groups in total. The minimum atomic E-state index is -3.08. The van der Waals surface area contributed by atoms with Crippen molar-refractivity contribution in [2.75, 3.05) is 23.8 Å². The van der Waals surface area contributed by atoms with E-state index in [2.05, 4.69) is 5.32 Å². The van der Waals surface area contributed by atoms with E-state index in [-0.39, 0.29) is 22.8 Å². The SMILES string of the molecule is Nc1cc(Cl)ccc1C(=O)OCC(=O)N[C@@H]1CCS(=O)(=O)C1. The Labute approximate surface area is 132 Å². The fraction of sp³-hybridized carbons (Fsp3) is 0.385. The molecule has 2 rings (SSSR count). The zero-order valence-corrected chi connectivity index (χ0v) is 13.1. The van der Waals surface area contributed by atoms with Crippen LogP contribution in [-0.4, -0.2) is 44.4 Å². The normalized spacial score (nSPS) is 19.6. The molecule has 0 aromatic heterocycles. The molecule has 0 spiro atoms. The Morgan fingerprint density at radius 3 is 2.73 bits per heavy atom. The Kier molecular flexibility index (Phi) is 4.92. The number of carbonyl (C=O) groups excluding carboxylic acids is 2. The molecule has 1 aliphatic heterocycles. The van der Waals surface area contributed by atoms with Crippen molar-refractivity contribution < 1.29 is 22.7 Å². The highest BCUT2D eigenvalue weighted by Crippen LogP contribution is 2.18. The second-order valence-electron chi connectivity index (χ2n) is 4.98. The topological polar surface area (TPSA) is 116 Å². The first-order valence-electron chi connectivity index (χ1n) is 6.49. The summed E-state index contributed by atoms with van der Waals surface area (Å²) in [4.78, 5) is 23.4. The Morgan fingerprint density at radius 2 is 2.14 bits per heavy atom. The predicted octanol–water partition coefficient (Wildman–Crippen LogP) is 0.382. The van der Waals surface area contributed by atoms with Gasteiger partial charge in [0.05, 0.1) is 17.1 Å². The van der Waals surface area contributed by atoms with Gasteiger partial charge in [0, 0.05) is 16.8 Å². The molecule has 9 heteroatoms. The number of sulfone groups is 1. The molecule has 0 saturated carbocycles. The van der Waals surface area contributed by atoms with Crippen LogP contribution in [0.15, 0.2) is 18.2 Å². The van der Waals surface area contributed by atoms with E-state index >= 15 is 0 Å². The third-order valence-electron chi connectivity index (χ3n) is 3.17. The van der Waals surface area contributed by atoms with Crippen molar-refractivity contribution in [2.24, 2.45) is 0 Å². The largest absolute Gasteiger partial charge is 0.452 e. The monoisotopic (exact) mass is 346 g/mol. The summed E-state index contributed by atoms with van der Waals surface area (Å²) in [7, 11) is -3.08. The lowest BCUT2D eigenvalue weighted by Crippen LogP contribution is -2.38. The minimum absolute atomic E-state index is 0.0546. The number of halogens is 1. The quantitative estimate of drug-likeness (QED) is 0.601. The van der Waals surface area contributed by atoms with Gasteiger partial charge in [-0.2, -0.15) is 0 Å². The van der Waals surface area contributed by atoms with Crippen LogP contribution in [0.3, 0.4) is 0 Å². The lowest BCUT2D eigenvalue weighted by Gasteiger charge is -2.11. The Morgan fingerprint density at radius 1 is 1.41 bits per heavy atom. The summed E-state index contributed by atoms with van der Waals surface area (Å²) < 4.78 is 27.4. The van der Waals surface area contributed by atoms with Crippen molar-refractivity contribution in [3.8, 4) is 0 Å². The highest BCUT2D eigenvalue weighted by atomic mass is 35.5. The summed E-state index contributed by atoms with van der Waals surface area (Å²) in [6.45, 7) is -0.503. The lowest BCUT2D eigenvalue weighted by atomic mass is 10.2. The van der Waals surface area contributed by atoms with Gasteiger partial charge in [0.15, 0.2) is 16.4 Å². The number of nitrogens with two attached hydrogens (primary N) is 1. The Bertz CT molecular complexity index is 704. The molecule has 0 bridgehead atoms. The van der Waals surface area contributed by atoms with Gasteiger partial charge in [0.25, 0.3) is 5.91 Å². The highest BCUT2D eigenvalue weighted by molar-refractivity contribution is 7.91. The first-order valence-corrected chi connectivity index (χ1v) is 8.69. The van der Waals surface area contributed by atoms with E-state index in [9.17, 15) is 18.0 Å². The lowest BCUT2D eigenvalue weighted by molar-refractivity contribution is -0.124. The van der Waals surface area contributed by atoms with E-state index in [1.54, 1.807) is 0 Å². The van der Waals surface area contributed by atoms with Gasteiger partial charge >= 0.3 is 5.97 Å². The molecule has 22 heavy (non-hydrogen) atoms. The summed E-state index contributed by atoms with van der Waals surface area (Å²) >= 11 is 5.72. The van der Waals surface area contributed by atoms with Gasteiger partial charge in [0.1, 0.15) is 0 Å². The third-order valence-corrected chi connectivity index (χ3v) is 5.17. The molecule has 0 radical (unpaired) electrons. The van der Waals surface area contributed by atoms with E-state index in [0.29, 0.717) is 11.4 Å². The predicted molar refractivity (Wildman–Crippen MR) is 81.3 cm³/mol. The summed E-state index contributed by atoms with van der Waals surface area (Å²) in [5.41, 5.74) is 5.90. The standard InChI is InChI=1S/C13H15ClN2O5S/c14-8-1-2-10(11(15)5-8)13(18)21-6-12(17)16-9-3-4-22(19,20)7-9/h1-2,5,9H,3-4,6-7,15H2,(H,16,17)/t9-/m1/s1. The summed E-state index contributed by atoms with van der Waals surface area (Å²) in [6, 6.07) is 3.86. The molecule has 120 valence electrons. The number of rotatable bonds is 4. The van der Waals surface area contributed by atoms with Crippen molar-refractivity contribution in [1.29, 1.82) is 0 Å². The van der Waals surface area contributed by atoms with Crippen LogP contribution < -0.4 is 11.1 Å². The third kappa shape index (κ3) is 4.35. The molecule has 1 aliphatic rings. The van der Waals surface area contributed by atoms with Gasteiger partial charge in [-0.15, -0.1) is 0 Å². The van der Waals surface area contributed by atoms with E-state index < -0.39 is 34.4 Å². The van der Waals surface area contributed by atoms with Gasteiger partial charge < -0.3 is 15.8 Å². The fourth-order valence-corrected chi connectivity index (χ4v) is 3.96. The second kappa shape index (κ2) is 6.53. The van der Waals surface area contributed by atoms with Gasteiger partial charge in [-0.3, -0.25) is 4.79 Å². The summed E-state index contributed by atoms with van der Waals surface area (Å²) in [5, 5.41) is 2.90. The molecular weight excluding hydrogens is 332 g/mol. The molecule has 1 saturated heterocycles. The van der Waals surface area contributed by atoms with Crippen LogP contribution in [0.25, 0.3) is 0 Å². The first-order chi connectivity index (χ1) is 10.3. The van der Waals surface area contributed by atoms with E-state index in [4.69, 9.17) is 22.1 Å². The number of esters is 1. The summed E-state index contributed by atoms with van der Waals surface area (Å²) in [5.74, 6) is -1.33. The number of ether oxygens (including phenoxy) is 1. The molecular formula is C13H15ClN2O5S. The molecule has 7 nitrogen and oxygen atoms in total. The van der Waals surface area contributed by atoms with E-state index in [1.807, 2.05) is 0 Å². The van der Waals surface area contributed by atoms with E-state index in [0.717, 1.165) is 0 Å². The van der Waals surface area contributed by atoms with Gasteiger partial charge in [-0.25, -0.2) is 13.2 Å². The number of anilines is 1. The van der Waals surface area contributed by atoms with Crippen LogP contribution in [0, 0.1) is 0 Å². The maximum atomic E-state index is 11.8. The number of carbonyl (C=O) groups is 2. The number of hydrogen-bond donors (Lipinski definition) is 2. The Hall–Kier alpha value is -1.80. The van der Waals surface area contributed by atoms with Gasteiger partial charge in [-0.1, -0.05) is 11.6 Å². The number of amides is 1. The molecule has 1 atom stereocenters. The van der Waals surface area contributed by atoms with Crippen LogP contribution in [0.5, 0.6) is 0 Å². The van der Waals surface area contributed by atoms with Crippen molar-refractivity contribution >= 4 is 39.0 Å². The zero-order valence-electron chi connectivity index (χ0n) is 11.5. The van der Waals surface area contributed by atoms with E-state index in [1.165, 1.54) is 18.2 Å². The van der Waals surface area contributed by atoms with Crippen LogP contribution in [-0.2, 0) is 19.4 Å². The zero-order chi connectivity index (χ0) is 16.3. The minimum Gasteiger partial charge on any atom is -0.452 e. The van der Waals surface area contributed by atoms with Gasteiger partial charge in [0.2, 0.25) is 0 Å². The van der Waals surface area contributed by atoms with Crippen LogP contribution in [0.1, 0.15) is 16.8 Å².